The first-order chi connectivity index (χ1) is 21.5. The lowest BCUT2D eigenvalue weighted by Gasteiger charge is -2.36. The van der Waals surface area contributed by atoms with Crippen LogP contribution in [-0.4, -0.2) is 99.5 Å². The molecule has 0 aliphatic heterocycles. The van der Waals surface area contributed by atoms with Crippen LogP contribution in [0.25, 0.3) is 0 Å². The quantitative estimate of drug-likeness (QED) is 0.0784. The van der Waals surface area contributed by atoms with Gasteiger partial charge in [-0.05, 0) is 13.2 Å². The first kappa shape index (κ1) is 48.7. The second-order valence-electron chi connectivity index (χ2n) is 7.65. The van der Waals surface area contributed by atoms with Crippen LogP contribution in [0.1, 0.15) is 0 Å². The SMILES string of the molecule is C=C(OC(=C)OC(C(S(=O)(=O)F)(S(=O)(=O)F)S(=O)(=O)F)(S(=O)(=O)F)S(=O)(=O)F)OC(C(S(=O)(=O)F)(S(=O)(=O)F)S(=O)(=O)F)(S(=O)(=O)F)S(=O)(=O)F. The molecule has 0 rings (SSSR count). The van der Waals surface area contributed by atoms with Crippen LogP contribution in [0.2, 0.25) is 0 Å². The van der Waals surface area contributed by atoms with Crippen LogP contribution in [0.5, 0.6) is 0 Å². The summed E-state index contributed by atoms with van der Waals surface area (Å²) in [6.07, 6.45) is 0. The highest BCUT2D eigenvalue weighted by atomic mass is 32.4. The molecule has 304 valence electrons. The molecular formula is C8H4F10O23S10. The summed E-state index contributed by atoms with van der Waals surface area (Å²) in [5, 5.41) is 0. The Balaban J connectivity index is 8.72. The van der Waals surface area contributed by atoms with Gasteiger partial charge in [-0.3, -0.25) is 0 Å². The third kappa shape index (κ3) is 6.95. The monoisotopic (exact) mass is 978 g/mol. The summed E-state index contributed by atoms with van der Waals surface area (Å²) in [5.41, 5.74) is 0. The average molecular weight is 979 g/mol. The van der Waals surface area contributed by atoms with Crippen LogP contribution in [0.3, 0.4) is 0 Å². The van der Waals surface area contributed by atoms with Crippen molar-refractivity contribution in [3.05, 3.63) is 25.0 Å². The van der Waals surface area contributed by atoms with Gasteiger partial charge < -0.3 is 14.2 Å². The van der Waals surface area contributed by atoms with E-state index in [1.807, 2.05) is 0 Å². The molecule has 0 bridgehead atoms. The molecule has 0 heterocycles. The van der Waals surface area contributed by atoms with Gasteiger partial charge in [0.1, 0.15) is 0 Å². The summed E-state index contributed by atoms with van der Waals surface area (Å²) in [5.74, 6) is -7.35. The van der Waals surface area contributed by atoms with Crippen LogP contribution in [0.15, 0.2) is 25.0 Å². The van der Waals surface area contributed by atoms with Crippen LogP contribution < -0.4 is 0 Å². The smallest absolute Gasteiger partial charge is 0.420 e. The Hall–Kier alpha value is -2.32. The Morgan fingerprint density at radius 1 is 0.314 bits per heavy atom. The number of ether oxygens (including phenoxy) is 3. The summed E-state index contributed by atoms with van der Waals surface area (Å²) >= 11 is 0. The normalized spacial score (nSPS) is 15.8. The van der Waals surface area contributed by atoms with Crippen LogP contribution in [-0.2, 0) is 116 Å². The predicted molar refractivity (Wildman–Crippen MR) is 133 cm³/mol. The minimum Gasteiger partial charge on any atom is -0.420 e. The van der Waals surface area contributed by atoms with Crippen molar-refractivity contribution in [2.45, 2.75) is 15.4 Å². The Bertz CT molecular complexity index is 2270. The zero-order valence-corrected chi connectivity index (χ0v) is 29.8. The molecule has 0 aliphatic carbocycles. The third-order valence-corrected chi connectivity index (χ3v) is 25.5. The van der Waals surface area contributed by atoms with Crippen molar-refractivity contribution in [3.8, 4) is 0 Å². The van der Waals surface area contributed by atoms with Crippen molar-refractivity contribution in [2.24, 2.45) is 0 Å². The van der Waals surface area contributed by atoms with Crippen molar-refractivity contribution < 1.29 is 137 Å². The summed E-state index contributed by atoms with van der Waals surface area (Å²) in [4.78, 5) is 0. The average Bonchev–Trinajstić information content (AvgIpc) is 2.68. The van der Waals surface area contributed by atoms with E-state index in [1.165, 1.54) is 0 Å². The van der Waals surface area contributed by atoms with Crippen molar-refractivity contribution in [1.29, 1.82) is 0 Å². The molecule has 0 atom stereocenters. The summed E-state index contributed by atoms with van der Waals surface area (Å²) in [6, 6.07) is 0. The molecule has 51 heavy (non-hydrogen) atoms. The van der Waals surface area contributed by atoms with Crippen LogP contribution >= 0.6 is 0 Å². The van der Waals surface area contributed by atoms with E-state index in [0.717, 1.165) is 0 Å². The maximum Gasteiger partial charge on any atom is 0.431 e. The molecule has 0 amide bonds. The third-order valence-electron chi connectivity index (χ3n) is 4.68. The van der Waals surface area contributed by atoms with Gasteiger partial charge in [-0.25, -0.2) is 0 Å². The highest BCUT2D eigenvalue weighted by Crippen LogP contribution is 2.56. The molecule has 0 radical (unpaired) electrons. The second-order valence-corrected chi connectivity index (χ2v) is 24.5. The van der Waals surface area contributed by atoms with Gasteiger partial charge in [-0.1, -0.05) is 0 Å². The molecule has 0 spiro atoms. The number of hydrogen-bond donors (Lipinski definition) is 0. The van der Waals surface area contributed by atoms with Crippen LogP contribution in [0, 0.1) is 0 Å². The highest BCUT2D eigenvalue weighted by Gasteiger charge is 2.94. The summed E-state index contributed by atoms with van der Waals surface area (Å²) in [6.45, 7) is 3.33. The predicted octanol–water partition coefficient (Wildman–Crippen LogP) is -2.41. The molecule has 0 N–H and O–H groups in total. The Labute approximate surface area is 278 Å². The molecule has 0 fully saturated rings. The molecule has 0 aromatic heterocycles. The van der Waals surface area contributed by atoms with Crippen molar-refractivity contribution in [3.63, 3.8) is 0 Å². The standard InChI is InChI=1S/C8H4F10O23S10/c1-3(40-5(42(9,19)20,43(10,21)22)7(46(13,27)28,47(14,29)30)48(15,31)32)39-4(2)41-6(44(11,23)24,45(12,25)26)8(49(16,33)34,50(17,35)36)51(18,37)38/h1-2H2. The molecule has 0 saturated carbocycles. The molecule has 0 unspecified atom stereocenters. The first-order valence-electron chi connectivity index (χ1n) is 9.35. The molecule has 43 heteroatoms. The fourth-order valence-electron chi connectivity index (χ4n) is 3.24. The Morgan fingerprint density at radius 2 is 0.451 bits per heavy atom. The van der Waals surface area contributed by atoms with E-state index in [0.29, 0.717) is 0 Å². The number of hydrogen-bond acceptors (Lipinski definition) is 23. The fraction of sp³-hybridized carbons (Fsp3) is 0.500. The van der Waals surface area contributed by atoms with Crippen LogP contribution in [0.4, 0.5) is 38.9 Å². The Morgan fingerprint density at radius 3 is 0.549 bits per heavy atom. The van der Waals surface area contributed by atoms with Gasteiger partial charge in [-0.15, -0.1) is 38.9 Å². The van der Waals surface area contributed by atoms with E-state index in [2.05, 4.69) is 14.2 Å². The lowest BCUT2D eigenvalue weighted by Crippen LogP contribution is -2.71. The summed E-state index contributed by atoms with van der Waals surface area (Å²) < 4.78 is 349. The maximum absolute atomic E-state index is 14.3. The number of rotatable bonds is 18. The molecular weight excluding hydrogens is 975 g/mol. The van der Waals surface area contributed by atoms with E-state index in [-0.39, 0.29) is 0 Å². The van der Waals surface area contributed by atoms with Gasteiger partial charge in [0.25, 0.3) is 11.9 Å². The lowest BCUT2D eigenvalue weighted by molar-refractivity contribution is -0.0396. The topological polar surface area (TPSA) is 369 Å². The van der Waals surface area contributed by atoms with Gasteiger partial charge in [0.05, 0.1) is 0 Å². The first-order valence-corrected chi connectivity index (χ1v) is 23.2. The van der Waals surface area contributed by atoms with Gasteiger partial charge in [0, 0.05) is 0 Å². The lowest BCUT2D eigenvalue weighted by atomic mass is 10.7. The largest absolute Gasteiger partial charge is 0.431 e. The number of halogens is 10. The minimum atomic E-state index is -9.10. The fourth-order valence-corrected chi connectivity index (χ4v) is 22.0. The van der Waals surface area contributed by atoms with Gasteiger partial charge in [-0.2, -0.15) is 84.2 Å². The molecule has 0 aromatic carbocycles. The van der Waals surface area contributed by atoms with E-state index in [1.54, 1.807) is 13.2 Å². The Kier molecular flexibility index (Phi) is 12.1. The van der Waals surface area contributed by atoms with Crippen molar-refractivity contribution in [2.75, 3.05) is 0 Å². The van der Waals surface area contributed by atoms with Gasteiger partial charge >= 0.3 is 118 Å². The van der Waals surface area contributed by atoms with E-state index in [9.17, 15) is 123 Å². The van der Waals surface area contributed by atoms with E-state index in [4.69, 9.17) is 0 Å². The molecule has 0 saturated heterocycles. The maximum atomic E-state index is 14.3. The highest BCUT2D eigenvalue weighted by molar-refractivity contribution is 8.25. The molecule has 0 aliphatic rings. The zero-order chi connectivity index (χ0) is 42.3. The second kappa shape index (κ2) is 12.6. The van der Waals surface area contributed by atoms with Crippen molar-refractivity contribution >= 4 is 102 Å². The van der Waals surface area contributed by atoms with Crippen molar-refractivity contribution in [1.82, 2.24) is 0 Å². The summed E-state index contributed by atoms with van der Waals surface area (Å²) in [7, 11) is -90.7. The zero-order valence-electron chi connectivity index (χ0n) is 21.7. The molecule has 23 nitrogen and oxygen atoms in total. The minimum absolute atomic E-state index is 1.67. The van der Waals surface area contributed by atoms with E-state index < -0.39 is 129 Å². The van der Waals surface area contributed by atoms with Gasteiger partial charge in [0.2, 0.25) is 0 Å². The molecule has 0 aromatic rings. The van der Waals surface area contributed by atoms with Gasteiger partial charge in [0.15, 0.2) is 0 Å². The van der Waals surface area contributed by atoms with E-state index >= 15 is 0 Å².